The van der Waals surface area contributed by atoms with Crippen molar-refractivity contribution in [3.8, 4) is 5.19 Å². The molecule has 1 aliphatic carbocycles. The van der Waals surface area contributed by atoms with Crippen molar-refractivity contribution < 1.29 is 13.9 Å². The third-order valence-corrected chi connectivity index (χ3v) is 3.49. The van der Waals surface area contributed by atoms with Crippen LogP contribution in [0.5, 0.6) is 5.19 Å². The Balaban J connectivity index is 2.20. The molecule has 0 radical (unpaired) electrons. The lowest BCUT2D eigenvalue weighted by Gasteiger charge is -2.02. The minimum atomic E-state index is -0.997. The standard InChI is InChI=1S/C9H10FNO2S/c1-9(3-6(9)10)7(12)5-4-11-8(13-2)14-5/h4,6H,3H2,1-2H3. The summed E-state index contributed by atoms with van der Waals surface area (Å²) in [6.07, 6.45) is 0.775. The van der Waals surface area contributed by atoms with Gasteiger partial charge in [0.25, 0.3) is 5.19 Å². The van der Waals surface area contributed by atoms with Gasteiger partial charge < -0.3 is 4.74 Å². The van der Waals surface area contributed by atoms with Crippen LogP contribution in [-0.2, 0) is 0 Å². The third-order valence-electron chi connectivity index (χ3n) is 2.54. The molecule has 1 aromatic rings. The fraction of sp³-hybridized carbons (Fsp3) is 0.556. The van der Waals surface area contributed by atoms with Gasteiger partial charge in [-0.2, -0.15) is 0 Å². The van der Waals surface area contributed by atoms with Gasteiger partial charge in [-0.15, -0.1) is 0 Å². The number of hydrogen-bond donors (Lipinski definition) is 0. The zero-order valence-electron chi connectivity index (χ0n) is 7.91. The number of carbonyl (C=O) groups excluding carboxylic acids is 1. The number of ether oxygens (including phenoxy) is 1. The minimum Gasteiger partial charge on any atom is -0.473 e. The third kappa shape index (κ3) is 1.32. The van der Waals surface area contributed by atoms with E-state index in [1.54, 1.807) is 6.92 Å². The summed E-state index contributed by atoms with van der Waals surface area (Å²) in [6, 6.07) is 0. The van der Waals surface area contributed by atoms with E-state index in [1.807, 2.05) is 0 Å². The Bertz CT molecular complexity index is 379. The molecule has 1 saturated carbocycles. The number of rotatable bonds is 3. The molecule has 0 bridgehead atoms. The van der Waals surface area contributed by atoms with Crippen molar-refractivity contribution in [1.29, 1.82) is 0 Å². The first-order valence-corrected chi connectivity index (χ1v) is 5.08. The van der Waals surface area contributed by atoms with Crippen molar-refractivity contribution in [3.05, 3.63) is 11.1 Å². The van der Waals surface area contributed by atoms with E-state index >= 15 is 0 Å². The SMILES string of the molecule is COc1ncc(C(=O)C2(C)CC2F)s1. The van der Waals surface area contributed by atoms with Crippen molar-refractivity contribution in [2.45, 2.75) is 19.5 Å². The molecule has 0 N–H and O–H groups in total. The van der Waals surface area contributed by atoms with Gasteiger partial charge in [0.1, 0.15) is 6.17 Å². The summed E-state index contributed by atoms with van der Waals surface area (Å²) in [5, 5.41) is 0.438. The van der Waals surface area contributed by atoms with Crippen LogP contribution < -0.4 is 4.74 Å². The van der Waals surface area contributed by atoms with Crippen molar-refractivity contribution in [2.24, 2.45) is 5.41 Å². The van der Waals surface area contributed by atoms with E-state index in [2.05, 4.69) is 4.98 Å². The number of alkyl halides is 1. The van der Waals surface area contributed by atoms with Crippen LogP contribution in [-0.4, -0.2) is 24.0 Å². The molecule has 14 heavy (non-hydrogen) atoms. The van der Waals surface area contributed by atoms with E-state index in [4.69, 9.17) is 4.74 Å². The molecule has 0 amide bonds. The van der Waals surface area contributed by atoms with Crippen LogP contribution in [0.2, 0.25) is 0 Å². The summed E-state index contributed by atoms with van der Waals surface area (Å²) in [5.74, 6) is -0.161. The Morgan fingerprint density at radius 1 is 1.86 bits per heavy atom. The lowest BCUT2D eigenvalue weighted by atomic mass is 10.0. The van der Waals surface area contributed by atoms with Crippen LogP contribution in [0, 0.1) is 5.41 Å². The Morgan fingerprint density at radius 3 is 2.93 bits per heavy atom. The number of ketones is 1. The van der Waals surface area contributed by atoms with E-state index in [9.17, 15) is 9.18 Å². The van der Waals surface area contributed by atoms with Gasteiger partial charge >= 0.3 is 0 Å². The number of hydrogen-bond acceptors (Lipinski definition) is 4. The highest BCUT2D eigenvalue weighted by Gasteiger charge is 2.57. The molecule has 0 aromatic carbocycles. The minimum absolute atomic E-state index is 0.161. The van der Waals surface area contributed by atoms with Crippen molar-refractivity contribution in [3.63, 3.8) is 0 Å². The quantitative estimate of drug-likeness (QED) is 0.725. The molecule has 2 atom stereocenters. The zero-order chi connectivity index (χ0) is 10.3. The van der Waals surface area contributed by atoms with Gasteiger partial charge in [0.05, 0.1) is 23.6 Å². The smallest absolute Gasteiger partial charge is 0.273 e. The summed E-state index contributed by atoms with van der Waals surface area (Å²) < 4.78 is 17.8. The van der Waals surface area contributed by atoms with Crippen LogP contribution in [0.4, 0.5) is 4.39 Å². The largest absolute Gasteiger partial charge is 0.473 e. The number of carbonyl (C=O) groups is 1. The Hall–Kier alpha value is -0.970. The van der Waals surface area contributed by atoms with Gasteiger partial charge in [-0.25, -0.2) is 9.37 Å². The molecular formula is C9H10FNO2S. The molecule has 0 saturated heterocycles. The molecule has 3 nitrogen and oxygen atoms in total. The van der Waals surface area contributed by atoms with Gasteiger partial charge in [0, 0.05) is 0 Å². The molecule has 5 heteroatoms. The van der Waals surface area contributed by atoms with Gasteiger partial charge in [0.15, 0.2) is 5.78 Å². The molecule has 0 aliphatic heterocycles. The monoisotopic (exact) mass is 215 g/mol. The van der Waals surface area contributed by atoms with Gasteiger partial charge in [-0.3, -0.25) is 4.79 Å². The summed E-state index contributed by atoms with van der Waals surface area (Å²) in [6.45, 7) is 1.65. The number of nitrogens with zero attached hydrogens (tertiary/aromatic N) is 1. The number of methoxy groups -OCH3 is 1. The molecule has 76 valence electrons. The maximum atomic E-state index is 12.9. The molecular weight excluding hydrogens is 205 g/mol. The molecule has 2 rings (SSSR count). The second kappa shape index (κ2) is 3.02. The molecule has 2 unspecified atom stereocenters. The summed E-state index contributed by atoms with van der Waals surface area (Å²) in [5.41, 5.74) is -0.808. The highest BCUT2D eigenvalue weighted by molar-refractivity contribution is 7.15. The number of Topliss-reactive ketones (excluding diaryl/α,β-unsaturated/α-hetero) is 1. The second-order valence-corrected chi connectivity index (χ2v) is 4.61. The predicted octanol–water partition coefficient (Wildman–Crippen LogP) is 2.08. The Morgan fingerprint density at radius 2 is 2.50 bits per heavy atom. The van der Waals surface area contributed by atoms with Crippen molar-refractivity contribution in [2.75, 3.05) is 7.11 Å². The highest BCUT2D eigenvalue weighted by Crippen LogP contribution is 2.51. The average molecular weight is 215 g/mol. The van der Waals surface area contributed by atoms with E-state index in [0.29, 0.717) is 16.5 Å². The second-order valence-electron chi connectivity index (χ2n) is 3.61. The average Bonchev–Trinajstić information content (AvgIpc) is 2.67. The van der Waals surface area contributed by atoms with Crippen molar-refractivity contribution in [1.82, 2.24) is 4.98 Å². The maximum absolute atomic E-state index is 12.9. The summed E-state index contributed by atoms with van der Waals surface area (Å²) in [7, 11) is 1.49. The summed E-state index contributed by atoms with van der Waals surface area (Å²) in [4.78, 5) is 16.1. The fourth-order valence-corrected chi connectivity index (χ4v) is 2.10. The normalized spacial score (nSPS) is 30.1. The lowest BCUT2D eigenvalue weighted by molar-refractivity contribution is 0.0897. The van der Waals surface area contributed by atoms with E-state index in [0.717, 1.165) is 11.3 Å². The van der Waals surface area contributed by atoms with E-state index in [-0.39, 0.29) is 5.78 Å². The first-order chi connectivity index (χ1) is 6.58. The topological polar surface area (TPSA) is 39.2 Å². The highest BCUT2D eigenvalue weighted by atomic mass is 32.1. The first-order valence-electron chi connectivity index (χ1n) is 4.26. The number of aromatic nitrogens is 1. The zero-order valence-corrected chi connectivity index (χ0v) is 8.73. The molecule has 1 heterocycles. The van der Waals surface area contributed by atoms with Crippen LogP contribution in [0.25, 0.3) is 0 Å². The number of thiazole rings is 1. The number of halogens is 1. The Labute approximate surface area is 84.9 Å². The lowest BCUT2D eigenvalue weighted by Crippen LogP contribution is -2.13. The van der Waals surface area contributed by atoms with Gasteiger partial charge in [-0.1, -0.05) is 11.3 Å². The summed E-state index contributed by atoms with van der Waals surface area (Å²) >= 11 is 1.16. The predicted molar refractivity (Wildman–Crippen MR) is 50.6 cm³/mol. The fourth-order valence-electron chi connectivity index (χ4n) is 1.29. The molecule has 0 spiro atoms. The molecule has 1 aromatic heterocycles. The van der Waals surface area contributed by atoms with Crippen LogP contribution >= 0.6 is 11.3 Å². The first kappa shape index (κ1) is 9.58. The maximum Gasteiger partial charge on any atom is 0.273 e. The Kier molecular flexibility index (Phi) is 2.06. The van der Waals surface area contributed by atoms with Gasteiger partial charge in [0.2, 0.25) is 0 Å². The van der Waals surface area contributed by atoms with Crippen LogP contribution in [0.1, 0.15) is 23.0 Å². The van der Waals surface area contributed by atoms with Crippen LogP contribution in [0.15, 0.2) is 6.20 Å². The van der Waals surface area contributed by atoms with Crippen molar-refractivity contribution >= 4 is 17.1 Å². The van der Waals surface area contributed by atoms with Gasteiger partial charge in [-0.05, 0) is 13.3 Å². The van der Waals surface area contributed by atoms with E-state index in [1.165, 1.54) is 13.3 Å². The molecule has 1 aliphatic rings. The van der Waals surface area contributed by atoms with Crippen LogP contribution in [0.3, 0.4) is 0 Å². The van der Waals surface area contributed by atoms with E-state index < -0.39 is 11.6 Å². The molecule has 1 fully saturated rings.